The number of carbonyl (C=O) groups is 1. The zero-order chi connectivity index (χ0) is 18.3. The highest BCUT2D eigenvalue weighted by atomic mass is 79.9. The molecule has 1 atom stereocenters. The number of anilines is 2. The number of carbonyl (C=O) groups excluding carboxylic acids is 1. The first-order valence-electron chi connectivity index (χ1n) is 7.80. The van der Waals surface area contributed by atoms with E-state index in [1.807, 2.05) is 12.1 Å². The van der Waals surface area contributed by atoms with Crippen molar-refractivity contribution in [3.8, 4) is 0 Å². The highest BCUT2D eigenvalue weighted by Crippen LogP contribution is 2.38. The van der Waals surface area contributed by atoms with Gasteiger partial charge in [0.1, 0.15) is 17.8 Å². The summed E-state index contributed by atoms with van der Waals surface area (Å²) in [5, 5.41) is 3.60. The zero-order valence-corrected chi connectivity index (χ0v) is 15.6. The molecule has 0 bridgehead atoms. The number of aromatic nitrogens is 1. The predicted octanol–water partition coefficient (Wildman–Crippen LogP) is 5.41. The van der Waals surface area contributed by atoms with E-state index in [1.165, 1.54) is 17.2 Å². The van der Waals surface area contributed by atoms with Crippen molar-refractivity contribution < 1.29 is 9.18 Å². The number of nitrogens with zero attached hydrogens (tertiary/aromatic N) is 2. The second kappa shape index (κ2) is 6.70. The van der Waals surface area contributed by atoms with E-state index < -0.39 is 12.0 Å². The van der Waals surface area contributed by atoms with E-state index in [9.17, 15) is 9.18 Å². The van der Waals surface area contributed by atoms with Gasteiger partial charge in [-0.2, -0.15) is 0 Å². The van der Waals surface area contributed by atoms with E-state index in [0.29, 0.717) is 26.6 Å². The van der Waals surface area contributed by atoms with Gasteiger partial charge in [-0.25, -0.2) is 9.37 Å². The maximum absolute atomic E-state index is 14.3. The topological polar surface area (TPSA) is 45.2 Å². The van der Waals surface area contributed by atoms with Gasteiger partial charge in [0.2, 0.25) is 0 Å². The van der Waals surface area contributed by atoms with Crippen LogP contribution in [0.4, 0.5) is 15.9 Å². The molecule has 1 aromatic heterocycles. The molecule has 0 spiro atoms. The molecule has 0 unspecified atom stereocenters. The largest absolute Gasteiger partial charge is 0.359 e. The molecule has 1 aliphatic rings. The molecular formula is C19H12BrClFN3O. The normalized spacial score (nSPS) is 15.9. The summed E-state index contributed by atoms with van der Waals surface area (Å²) in [6.45, 7) is 0. The average molecular weight is 433 g/mol. The van der Waals surface area contributed by atoms with Gasteiger partial charge in [0.05, 0.1) is 10.7 Å². The van der Waals surface area contributed by atoms with Gasteiger partial charge in [-0.05, 0) is 36.4 Å². The predicted molar refractivity (Wildman–Crippen MR) is 103 cm³/mol. The quantitative estimate of drug-likeness (QED) is 0.602. The Morgan fingerprint density at radius 2 is 1.96 bits per heavy atom. The first-order chi connectivity index (χ1) is 12.5. The third kappa shape index (κ3) is 2.95. The number of fused-ring (bicyclic) bond motifs is 1. The number of halogens is 3. The van der Waals surface area contributed by atoms with E-state index in [0.717, 1.165) is 5.56 Å². The van der Waals surface area contributed by atoms with Gasteiger partial charge in [0.15, 0.2) is 0 Å². The summed E-state index contributed by atoms with van der Waals surface area (Å²) in [5.74, 6) is -0.184. The number of amides is 1. The molecule has 4 rings (SSSR count). The van der Waals surface area contributed by atoms with Crippen molar-refractivity contribution in [1.29, 1.82) is 0 Å². The summed E-state index contributed by atoms with van der Waals surface area (Å²) in [7, 11) is 0. The fourth-order valence-electron chi connectivity index (χ4n) is 2.96. The summed E-state index contributed by atoms with van der Waals surface area (Å²) < 4.78 is 15.0. The molecule has 4 nitrogen and oxygen atoms in total. The van der Waals surface area contributed by atoms with Gasteiger partial charge < -0.3 is 5.32 Å². The van der Waals surface area contributed by atoms with Crippen LogP contribution in [0.15, 0.2) is 65.3 Å². The second-order valence-corrected chi connectivity index (χ2v) is 7.12. The first kappa shape index (κ1) is 17.0. The molecule has 7 heteroatoms. The standard InChI is InChI=1S/C19H12BrClFN3O/c20-11-5-7-16(15(22)9-11)24-18-13-3-1-2-4-14(13)19(26)25(18)17-8-6-12(21)10-23-17/h1-10,18,24H/t18-/m0/s1. The summed E-state index contributed by atoms with van der Waals surface area (Å²) in [4.78, 5) is 18.7. The van der Waals surface area contributed by atoms with Crippen molar-refractivity contribution in [2.45, 2.75) is 6.17 Å². The smallest absolute Gasteiger partial charge is 0.261 e. The van der Waals surface area contributed by atoms with E-state index in [1.54, 1.807) is 36.4 Å². The van der Waals surface area contributed by atoms with Crippen LogP contribution in [-0.4, -0.2) is 10.9 Å². The fourth-order valence-corrected chi connectivity index (χ4v) is 3.40. The van der Waals surface area contributed by atoms with Crippen molar-refractivity contribution >= 4 is 44.9 Å². The van der Waals surface area contributed by atoms with Crippen LogP contribution in [0.25, 0.3) is 0 Å². The monoisotopic (exact) mass is 431 g/mol. The van der Waals surface area contributed by atoms with Gasteiger partial charge in [-0.1, -0.05) is 45.7 Å². The van der Waals surface area contributed by atoms with Gasteiger partial charge in [0, 0.05) is 21.8 Å². The van der Waals surface area contributed by atoms with Gasteiger partial charge in [-0.15, -0.1) is 0 Å². The third-order valence-corrected chi connectivity index (χ3v) is 4.86. The molecule has 2 aromatic carbocycles. The molecule has 26 heavy (non-hydrogen) atoms. The van der Waals surface area contributed by atoms with E-state index in [2.05, 4.69) is 26.2 Å². The highest BCUT2D eigenvalue weighted by molar-refractivity contribution is 9.10. The Hall–Kier alpha value is -2.44. The second-order valence-electron chi connectivity index (χ2n) is 5.77. The molecule has 1 amide bonds. The van der Waals surface area contributed by atoms with Crippen molar-refractivity contribution in [1.82, 2.24) is 4.98 Å². The van der Waals surface area contributed by atoms with Crippen molar-refractivity contribution in [2.24, 2.45) is 0 Å². The van der Waals surface area contributed by atoms with Crippen molar-refractivity contribution in [2.75, 3.05) is 10.2 Å². The molecule has 0 radical (unpaired) electrons. The minimum atomic E-state index is -0.581. The number of nitrogens with one attached hydrogen (secondary N) is 1. The average Bonchev–Trinajstić information content (AvgIpc) is 2.91. The summed E-state index contributed by atoms with van der Waals surface area (Å²) in [6.07, 6.45) is 0.896. The molecule has 0 saturated carbocycles. The van der Waals surface area contributed by atoms with Gasteiger partial charge in [-0.3, -0.25) is 9.69 Å². The van der Waals surface area contributed by atoms with Crippen LogP contribution < -0.4 is 10.2 Å². The lowest BCUT2D eigenvalue weighted by molar-refractivity contribution is 0.0992. The SMILES string of the molecule is O=C1c2ccccc2[C@@H](Nc2ccc(Br)cc2F)N1c1ccc(Cl)cn1. The van der Waals surface area contributed by atoms with Crippen LogP contribution in [0.2, 0.25) is 5.02 Å². The van der Waals surface area contributed by atoms with Crippen LogP contribution in [0.1, 0.15) is 22.1 Å². The van der Waals surface area contributed by atoms with E-state index in [4.69, 9.17) is 11.6 Å². The first-order valence-corrected chi connectivity index (χ1v) is 8.97. The van der Waals surface area contributed by atoms with Crippen LogP contribution >= 0.6 is 27.5 Å². The molecule has 1 N–H and O–H groups in total. The fraction of sp³-hybridized carbons (Fsp3) is 0.0526. The lowest BCUT2D eigenvalue weighted by Gasteiger charge is -2.26. The molecule has 2 heterocycles. The Morgan fingerprint density at radius 3 is 2.69 bits per heavy atom. The van der Waals surface area contributed by atoms with Crippen LogP contribution in [0.3, 0.4) is 0 Å². The Labute approximate surface area is 162 Å². The Kier molecular flexibility index (Phi) is 4.38. The maximum atomic E-state index is 14.3. The van der Waals surface area contributed by atoms with Crippen LogP contribution in [0, 0.1) is 5.82 Å². The molecule has 130 valence electrons. The third-order valence-electron chi connectivity index (χ3n) is 4.14. The maximum Gasteiger partial charge on any atom is 0.261 e. The number of rotatable bonds is 3. The Bertz CT molecular complexity index is 996. The van der Waals surface area contributed by atoms with Crippen LogP contribution in [0.5, 0.6) is 0 Å². The van der Waals surface area contributed by atoms with E-state index in [-0.39, 0.29) is 5.91 Å². The molecule has 0 saturated heterocycles. The molecular weight excluding hydrogens is 421 g/mol. The number of pyridine rings is 1. The molecule has 0 aliphatic carbocycles. The number of benzene rings is 2. The lowest BCUT2D eigenvalue weighted by Crippen LogP contribution is -2.33. The summed E-state index contributed by atoms with van der Waals surface area (Å²) in [5.41, 5.74) is 1.61. The Morgan fingerprint density at radius 1 is 1.15 bits per heavy atom. The molecule has 3 aromatic rings. The zero-order valence-electron chi connectivity index (χ0n) is 13.3. The van der Waals surface area contributed by atoms with Crippen molar-refractivity contribution in [3.05, 3.63) is 87.2 Å². The molecule has 0 fully saturated rings. The number of hydrogen-bond donors (Lipinski definition) is 1. The highest BCUT2D eigenvalue weighted by Gasteiger charge is 2.38. The van der Waals surface area contributed by atoms with Gasteiger partial charge in [0.25, 0.3) is 5.91 Å². The Balaban J connectivity index is 1.79. The van der Waals surface area contributed by atoms with E-state index >= 15 is 0 Å². The summed E-state index contributed by atoms with van der Waals surface area (Å²) >= 11 is 9.15. The van der Waals surface area contributed by atoms with Crippen molar-refractivity contribution in [3.63, 3.8) is 0 Å². The van der Waals surface area contributed by atoms with Crippen LogP contribution in [-0.2, 0) is 0 Å². The number of hydrogen-bond acceptors (Lipinski definition) is 3. The van der Waals surface area contributed by atoms with Gasteiger partial charge >= 0.3 is 0 Å². The molecule has 1 aliphatic heterocycles. The minimum Gasteiger partial charge on any atom is -0.359 e. The minimum absolute atomic E-state index is 0.203. The summed E-state index contributed by atoms with van der Waals surface area (Å²) in [6, 6.07) is 15.3. The lowest BCUT2D eigenvalue weighted by atomic mass is 10.1.